The summed E-state index contributed by atoms with van der Waals surface area (Å²) in [5.74, 6) is -0.400. The van der Waals surface area contributed by atoms with E-state index in [1.165, 1.54) is 4.90 Å². The van der Waals surface area contributed by atoms with Crippen molar-refractivity contribution in [1.29, 1.82) is 0 Å². The Morgan fingerprint density at radius 3 is 1.83 bits per heavy atom. The third-order valence-corrected chi connectivity index (χ3v) is 20.9. The minimum absolute atomic E-state index is 0.0219. The summed E-state index contributed by atoms with van der Waals surface area (Å²) in [4.78, 5) is 44.2. The normalized spacial score (nSPS) is 23.5. The Morgan fingerprint density at radius 2 is 1.36 bits per heavy atom. The summed E-state index contributed by atoms with van der Waals surface area (Å²) >= 11 is 0. The molecule has 2 fully saturated rings. The number of hydrogen-bond donors (Lipinski definition) is 2. The molecule has 3 amide bonds. The van der Waals surface area contributed by atoms with Gasteiger partial charge in [0.2, 0.25) is 0 Å². The lowest BCUT2D eigenvalue weighted by atomic mass is 9.84. The van der Waals surface area contributed by atoms with E-state index in [1.807, 2.05) is 66.7 Å². The fraction of sp³-hybridized carbons (Fsp3) is 0.488. The molecule has 3 aromatic rings. The largest absolute Gasteiger partial charge is 0.445 e. The van der Waals surface area contributed by atoms with Gasteiger partial charge >= 0.3 is 12.1 Å². The first kappa shape index (κ1) is 40.4. The Kier molecular flexibility index (Phi) is 11.3. The van der Waals surface area contributed by atoms with Crippen LogP contribution in [0.2, 0.25) is 23.2 Å². The van der Waals surface area contributed by atoms with Crippen LogP contribution in [0.3, 0.4) is 0 Å². The van der Waals surface area contributed by atoms with Crippen molar-refractivity contribution in [3.05, 3.63) is 96.6 Å². The lowest BCUT2D eigenvalue weighted by molar-refractivity contribution is -0.136. The second-order valence-corrected chi connectivity index (χ2v) is 26.2. The number of hydrogen-bond acceptors (Lipinski definition) is 7. The number of carbonyl (C=O) groups is 3. The molecule has 5 atom stereocenters. The molecular weight excluding hydrogens is 703 g/mol. The first-order chi connectivity index (χ1) is 24.7. The highest BCUT2D eigenvalue weighted by Crippen LogP contribution is 2.55. The van der Waals surface area contributed by atoms with Crippen LogP contribution in [0.25, 0.3) is 0 Å². The molecule has 1 saturated heterocycles. The molecule has 2 aliphatic rings. The highest BCUT2D eigenvalue weighted by molar-refractivity contribution is 6.99. The van der Waals surface area contributed by atoms with E-state index in [-0.39, 0.29) is 23.3 Å². The number of alkyl carbamates (subject to hydrolysis) is 1. The summed E-state index contributed by atoms with van der Waals surface area (Å²) in [6, 6.07) is 28.2. The molecule has 2 N–H and O–H groups in total. The smallest absolute Gasteiger partial charge is 0.407 e. The molecule has 0 bridgehead atoms. The highest BCUT2D eigenvalue weighted by atomic mass is 28.4. The van der Waals surface area contributed by atoms with E-state index in [0.717, 1.165) is 15.9 Å². The van der Waals surface area contributed by atoms with Crippen LogP contribution >= 0.6 is 0 Å². The predicted octanol–water partition coefficient (Wildman–Crippen LogP) is 6.00. The van der Waals surface area contributed by atoms with Crippen molar-refractivity contribution in [3.8, 4) is 0 Å². The lowest BCUT2D eigenvalue weighted by Gasteiger charge is -2.47. The predicted molar refractivity (Wildman–Crippen MR) is 212 cm³/mol. The number of ketones is 1. The Morgan fingerprint density at radius 1 is 0.849 bits per heavy atom. The number of nitrogens with zero attached hydrogens (tertiary/aromatic N) is 1. The van der Waals surface area contributed by atoms with Gasteiger partial charge in [-0.05, 0) is 46.0 Å². The molecule has 10 nitrogen and oxygen atoms in total. The monoisotopic (exact) mass is 759 g/mol. The van der Waals surface area contributed by atoms with Crippen LogP contribution in [0.15, 0.2) is 91.0 Å². The summed E-state index contributed by atoms with van der Waals surface area (Å²) < 4.78 is 26.3. The molecule has 1 aliphatic carbocycles. The van der Waals surface area contributed by atoms with Gasteiger partial charge in [-0.3, -0.25) is 4.79 Å². The number of ether oxygens (including phenoxy) is 2. The van der Waals surface area contributed by atoms with Gasteiger partial charge < -0.3 is 33.9 Å². The molecule has 1 heterocycles. The summed E-state index contributed by atoms with van der Waals surface area (Å²) in [7, 11) is -2.44. The van der Waals surface area contributed by atoms with Gasteiger partial charge in [0.15, 0.2) is 25.2 Å². The van der Waals surface area contributed by atoms with Gasteiger partial charge in [0.1, 0.15) is 12.7 Å². The average Bonchev–Trinajstić information content (AvgIpc) is 3.79. The number of benzene rings is 3. The molecule has 5 rings (SSSR count). The van der Waals surface area contributed by atoms with Crippen molar-refractivity contribution in [2.75, 3.05) is 20.7 Å². The fourth-order valence-corrected chi connectivity index (χ4v) is 13.4. The van der Waals surface area contributed by atoms with Crippen molar-refractivity contribution in [2.45, 2.75) is 108 Å². The zero-order chi connectivity index (χ0) is 39.0. The number of urea groups is 1. The van der Waals surface area contributed by atoms with Gasteiger partial charge in [-0.1, -0.05) is 133 Å². The first-order valence-electron chi connectivity index (χ1n) is 18.4. The molecule has 53 heavy (non-hydrogen) atoms. The Balaban J connectivity index is 1.60. The quantitative estimate of drug-likeness (QED) is 0.172. The minimum atomic E-state index is -3.12. The number of fused-ring (bicyclic) bond motifs is 1. The number of Topliss-reactive ketones (excluding diaryl/α,β-unsaturated/α-hetero) is 1. The van der Waals surface area contributed by atoms with Crippen LogP contribution in [0.1, 0.15) is 54.0 Å². The molecule has 0 radical (unpaired) electrons. The number of carbonyl (C=O) groups excluding carboxylic acids is 3. The first-order valence-corrected chi connectivity index (χ1v) is 23.2. The van der Waals surface area contributed by atoms with Gasteiger partial charge in [0, 0.05) is 14.1 Å². The van der Waals surface area contributed by atoms with Crippen LogP contribution in [0, 0.1) is 0 Å². The van der Waals surface area contributed by atoms with Crippen LogP contribution < -0.4 is 21.0 Å². The van der Waals surface area contributed by atoms with Crippen molar-refractivity contribution >= 4 is 44.9 Å². The number of nitrogens with one attached hydrogen (secondary N) is 2. The van der Waals surface area contributed by atoms with E-state index in [9.17, 15) is 9.59 Å². The molecule has 0 spiro atoms. The number of amides is 3. The topological polar surface area (TPSA) is 119 Å². The molecule has 12 heteroatoms. The lowest BCUT2D eigenvalue weighted by Crippen LogP contribution is -2.74. The highest BCUT2D eigenvalue weighted by Gasteiger charge is 2.82. The van der Waals surface area contributed by atoms with Gasteiger partial charge in [-0.25, -0.2) is 9.59 Å². The van der Waals surface area contributed by atoms with E-state index in [0.29, 0.717) is 0 Å². The Labute approximate surface area is 317 Å². The van der Waals surface area contributed by atoms with Gasteiger partial charge in [-0.2, -0.15) is 0 Å². The second-order valence-electron chi connectivity index (χ2n) is 17.1. The summed E-state index contributed by atoms with van der Waals surface area (Å²) in [5, 5.41) is 7.57. The van der Waals surface area contributed by atoms with E-state index in [2.05, 4.69) is 89.5 Å². The van der Waals surface area contributed by atoms with Crippen molar-refractivity contribution in [2.24, 2.45) is 0 Å². The summed E-state index contributed by atoms with van der Waals surface area (Å²) in [6.07, 6.45) is -2.43. The Hall–Kier alpha value is -3.82. The van der Waals surface area contributed by atoms with E-state index in [4.69, 9.17) is 18.3 Å². The van der Waals surface area contributed by atoms with Gasteiger partial charge in [0.25, 0.3) is 8.32 Å². The molecule has 286 valence electrons. The van der Waals surface area contributed by atoms with Crippen LogP contribution in [-0.4, -0.2) is 89.5 Å². The van der Waals surface area contributed by atoms with Crippen molar-refractivity contribution < 1.29 is 32.7 Å². The molecule has 0 unspecified atom stereocenters. The molecule has 3 aromatic carbocycles. The van der Waals surface area contributed by atoms with Crippen molar-refractivity contribution in [3.63, 3.8) is 0 Å². The zero-order valence-electron chi connectivity index (χ0n) is 33.1. The molecule has 1 saturated carbocycles. The van der Waals surface area contributed by atoms with Crippen molar-refractivity contribution in [1.82, 2.24) is 15.5 Å². The van der Waals surface area contributed by atoms with Crippen LogP contribution in [0.5, 0.6) is 0 Å². The number of epoxide rings is 1. The van der Waals surface area contributed by atoms with E-state index in [1.54, 1.807) is 21.0 Å². The van der Waals surface area contributed by atoms with E-state index >= 15 is 4.79 Å². The zero-order valence-corrected chi connectivity index (χ0v) is 35.1. The molecule has 1 aliphatic heterocycles. The summed E-state index contributed by atoms with van der Waals surface area (Å²) in [5.41, 5.74) is -2.39. The fourth-order valence-electron chi connectivity index (χ4n) is 7.36. The van der Waals surface area contributed by atoms with Crippen LogP contribution in [0.4, 0.5) is 9.59 Å². The summed E-state index contributed by atoms with van der Waals surface area (Å²) in [6.45, 7) is 18.8. The van der Waals surface area contributed by atoms with E-state index < -0.39 is 63.9 Å². The van der Waals surface area contributed by atoms with Gasteiger partial charge in [0.05, 0.1) is 18.8 Å². The second kappa shape index (κ2) is 14.8. The minimum Gasteiger partial charge on any atom is -0.445 e. The SMILES string of the molecule is C[C@H](O[Si](C)(C)C(C)(C)C)[C@@]1(NC(=O)N(C)C)C(=O)[C@]2(CO[Si](c3ccccc3)(c3ccccc3)C(C)(C)C)O[C@@H]2[C@@H]1NC(=O)OCc1ccccc1. The number of rotatable bonds is 12. The average molecular weight is 760 g/mol. The molecular formula is C41H57N3O7Si2. The third-order valence-electron chi connectivity index (χ3n) is 11.3. The van der Waals surface area contributed by atoms with Gasteiger partial charge in [-0.15, -0.1) is 0 Å². The maximum atomic E-state index is 15.5. The van der Waals surface area contributed by atoms with Crippen LogP contribution in [-0.2, 0) is 29.7 Å². The third kappa shape index (κ3) is 7.48. The standard InChI is InChI=1S/C41H57N3O7Si2/c1-29(51-52(10,11)38(2,3)4)41(43-36(46)44(8)9)33(42-37(47)48-27-30-21-15-12-16-22-30)34-40(50-34,35(41)45)28-49-53(39(5,6)7,31-23-17-13-18-24-31)32-25-19-14-20-26-32/h12-26,29,33-34H,27-28H2,1-11H3,(H,42,47)(H,43,46)/t29-,33-,34+,40+,41-/m0/s1. The Bertz CT molecular complexity index is 1720. The maximum absolute atomic E-state index is 15.5. The maximum Gasteiger partial charge on any atom is 0.407 e. The molecule has 0 aromatic heterocycles.